The molecule has 2 heterocycles. The minimum atomic E-state index is -0.205. The number of aromatic nitrogens is 4. The maximum absolute atomic E-state index is 11.2. The zero-order valence-corrected chi connectivity index (χ0v) is 11.1. The molecule has 1 aromatic carbocycles. The lowest BCUT2D eigenvalue weighted by Crippen LogP contribution is -2.05. The number of rotatable bonds is 2. The first kappa shape index (κ1) is 12.1. The lowest BCUT2D eigenvalue weighted by molar-refractivity contribution is 0.916. The number of nitrogens with zero attached hydrogens (tertiary/aromatic N) is 3. The number of aromatic amines is 1. The van der Waals surface area contributed by atoms with E-state index in [-0.39, 0.29) is 5.56 Å². The summed E-state index contributed by atoms with van der Waals surface area (Å²) in [6.45, 7) is 0. The van der Waals surface area contributed by atoms with Crippen molar-refractivity contribution in [2.45, 2.75) is 10.2 Å². The summed E-state index contributed by atoms with van der Waals surface area (Å²) in [5.74, 6) is 0. The van der Waals surface area contributed by atoms with Gasteiger partial charge in [0.25, 0.3) is 5.56 Å². The highest BCUT2D eigenvalue weighted by molar-refractivity contribution is 7.99. The first-order valence-electron chi connectivity index (χ1n) is 5.38. The Morgan fingerprint density at radius 2 is 1.89 bits per heavy atom. The molecular weight excluding hydrogens is 284 g/mol. The molecule has 3 aromatic rings. The fourth-order valence-electron chi connectivity index (χ4n) is 1.62. The van der Waals surface area contributed by atoms with E-state index in [1.807, 2.05) is 24.3 Å². The van der Waals surface area contributed by atoms with Gasteiger partial charge >= 0.3 is 0 Å². The predicted octanol–water partition coefficient (Wildman–Crippen LogP) is 2.52. The maximum atomic E-state index is 11.2. The van der Waals surface area contributed by atoms with Gasteiger partial charge in [-0.1, -0.05) is 35.9 Å². The van der Waals surface area contributed by atoms with Crippen molar-refractivity contribution >= 4 is 34.1 Å². The van der Waals surface area contributed by atoms with Crippen LogP contribution in [0, 0.1) is 0 Å². The number of nitrogens with one attached hydrogen (secondary N) is 1. The highest BCUT2D eigenvalue weighted by Gasteiger charge is 2.09. The topological polar surface area (TPSA) is 71.5 Å². The van der Waals surface area contributed by atoms with Crippen LogP contribution in [-0.4, -0.2) is 20.2 Å². The summed E-state index contributed by atoms with van der Waals surface area (Å²) in [5.41, 5.74) is -0.205. The number of hydrogen-bond acceptors (Lipinski definition) is 5. The SMILES string of the molecule is O=c1ccnc(Sc2nnc(Cl)c3ccccc23)[nH]1. The molecule has 0 fully saturated rings. The molecule has 5 nitrogen and oxygen atoms in total. The van der Waals surface area contributed by atoms with Gasteiger partial charge in [0.15, 0.2) is 10.3 Å². The van der Waals surface area contributed by atoms with Gasteiger partial charge in [-0.15, -0.1) is 10.2 Å². The number of hydrogen-bond donors (Lipinski definition) is 1. The van der Waals surface area contributed by atoms with Crippen molar-refractivity contribution in [3.8, 4) is 0 Å². The van der Waals surface area contributed by atoms with E-state index < -0.39 is 0 Å². The van der Waals surface area contributed by atoms with Crippen LogP contribution in [0.2, 0.25) is 5.15 Å². The summed E-state index contributed by atoms with van der Waals surface area (Å²) in [6.07, 6.45) is 1.45. The highest BCUT2D eigenvalue weighted by Crippen LogP contribution is 2.31. The average Bonchev–Trinajstić information content (AvgIpc) is 2.42. The predicted molar refractivity (Wildman–Crippen MR) is 73.5 cm³/mol. The van der Waals surface area contributed by atoms with Gasteiger partial charge in [0.05, 0.1) is 0 Å². The third kappa shape index (κ3) is 2.45. The molecule has 7 heteroatoms. The molecule has 0 radical (unpaired) electrons. The summed E-state index contributed by atoms with van der Waals surface area (Å²) in [6, 6.07) is 8.91. The molecule has 3 rings (SSSR count). The van der Waals surface area contributed by atoms with Gasteiger partial charge in [0.1, 0.15) is 5.03 Å². The molecule has 0 unspecified atom stereocenters. The van der Waals surface area contributed by atoms with Crippen molar-refractivity contribution in [1.29, 1.82) is 0 Å². The van der Waals surface area contributed by atoms with Crippen molar-refractivity contribution in [2.75, 3.05) is 0 Å². The maximum Gasteiger partial charge on any atom is 0.251 e. The summed E-state index contributed by atoms with van der Waals surface area (Å²) in [7, 11) is 0. The molecule has 2 aromatic heterocycles. The Hall–Kier alpha value is -1.92. The molecule has 0 saturated heterocycles. The van der Waals surface area contributed by atoms with Crippen molar-refractivity contribution in [2.24, 2.45) is 0 Å². The van der Waals surface area contributed by atoms with Crippen LogP contribution in [0.5, 0.6) is 0 Å². The van der Waals surface area contributed by atoms with Crippen LogP contribution in [0.3, 0.4) is 0 Å². The van der Waals surface area contributed by atoms with Crippen molar-refractivity contribution in [3.05, 3.63) is 52.0 Å². The molecule has 0 amide bonds. The molecule has 0 spiro atoms. The third-order valence-electron chi connectivity index (χ3n) is 2.45. The summed E-state index contributed by atoms with van der Waals surface area (Å²) < 4.78 is 0. The second-order valence-corrected chi connectivity index (χ2v) is 5.02. The van der Waals surface area contributed by atoms with Gasteiger partial charge in [0, 0.05) is 23.0 Å². The van der Waals surface area contributed by atoms with E-state index >= 15 is 0 Å². The van der Waals surface area contributed by atoms with E-state index in [1.54, 1.807) is 0 Å². The van der Waals surface area contributed by atoms with Crippen LogP contribution >= 0.6 is 23.4 Å². The molecule has 0 aliphatic rings. The van der Waals surface area contributed by atoms with E-state index in [1.165, 1.54) is 24.0 Å². The second kappa shape index (κ2) is 4.99. The Labute approximate surface area is 117 Å². The van der Waals surface area contributed by atoms with Crippen molar-refractivity contribution in [1.82, 2.24) is 20.2 Å². The molecule has 19 heavy (non-hydrogen) atoms. The van der Waals surface area contributed by atoms with Crippen LogP contribution in [-0.2, 0) is 0 Å². The largest absolute Gasteiger partial charge is 0.301 e. The van der Waals surface area contributed by atoms with E-state index in [2.05, 4.69) is 20.2 Å². The molecule has 0 atom stereocenters. The lowest BCUT2D eigenvalue weighted by Gasteiger charge is -2.04. The monoisotopic (exact) mass is 290 g/mol. The van der Waals surface area contributed by atoms with Crippen LogP contribution in [0.4, 0.5) is 0 Å². The number of H-pyrrole nitrogens is 1. The smallest absolute Gasteiger partial charge is 0.251 e. The average molecular weight is 291 g/mol. The van der Waals surface area contributed by atoms with Crippen LogP contribution in [0.25, 0.3) is 10.8 Å². The molecule has 0 aliphatic carbocycles. The summed E-state index contributed by atoms with van der Waals surface area (Å²) >= 11 is 7.24. The van der Waals surface area contributed by atoms with E-state index in [4.69, 9.17) is 11.6 Å². The second-order valence-electron chi connectivity index (χ2n) is 3.68. The number of halogens is 1. The van der Waals surface area contributed by atoms with Crippen LogP contribution in [0.1, 0.15) is 0 Å². The number of benzene rings is 1. The minimum Gasteiger partial charge on any atom is -0.301 e. The minimum absolute atomic E-state index is 0.205. The van der Waals surface area contributed by atoms with Gasteiger partial charge in [-0.05, 0) is 11.8 Å². The first-order valence-corrected chi connectivity index (χ1v) is 6.57. The molecule has 94 valence electrons. The van der Waals surface area contributed by atoms with Gasteiger partial charge in [-0.3, -0.25) is 4.79 Å². The normalized spacial score (nSPS) is 10.8. The fraction of sp³-hybridized carbons (Fsp3) is 0. The first-order chi connectivity index (χ1) is 9.24. The van der Waals surface area contributed by atoms with E-state index in [9.17, 15) is 4.79 Å². The van der Waals surface area contributed by atoms with Gasteiger partial charge < -0.3 is 4.98 Å². The lowest BCUT2D eigenvalue weighted by atomic mass is 10.2. The third-order valence-corrected chi connectivity index (χ3v) is 3.62. The summed E-state index contributed by atoms with van der Waals surface area (Å²) in [5, 5.41) is 11.1. The Kier molecular flexibility index (Phi) is 3.18. The highest BCUT2D eigenvalue weighted by atomic mass is 35.5. The zero-order chi connectivity index (χ0) is 13.2. The molecule has 1 N–H and O–H groups in total. The molecule has 0 aliphatic heterocycles. The van der Waals surface area contributed by atoms with E-state index in [0.717, 1.165) is 10.8 Å². The van der Waals surface area contributed by atoms with Gasteiger partial charge in [-0.25, -0.2) is 4.98 Å². The Morgan fingerprint density at radius 1 is 1.11 bits per heavy atom. The zero-order valence-electron chi connectivity index (χ0n) is 9.50. The van der Waals surface area contributed by atoms with Crippen molar-refractivity contribution < 1.29 is 0 Å². The number of fused-ring (bicyclic) bond motifs is 1. The van der Waals surface area contributed by atoms with E-state index in [0.29, 0.717) is 15.3 Å². The summed E-state index contributed by atoms with van der Waals surface area (Å²) in [4.78, 5) is 17.9. The molecule has 0 bridgehead atoms. The molecular formula is C12H7ClN4OS. The quantitative estimate of drug-likeness (QED) is 0.734. The fourth-order valence-corrected chi connectivity index (χ4v) is 2.64. The van der Waals surface area contributed by atoms with Gasteiger partial charge in [0.2, 0.25) is 0 Å². The van der Waals surface area contributed by atoms with Crippen molar-refractivity contribution in [3.63, 3.8) is 0 Å². The Morgan fingerprint density at radius 3 is 2.68 bits per heavy atom. The standard InChI is InChI=1S/C12H7ClN4OS/c13-10-7-3-1-2-4-8(7)11(17-16-10)19-12-14-6-5-9(18)15-12/h1-6H,(H,14,15,18). The Balaban J connectivity index is 2.11. The van der Waals surface area contributed by atoms with Crippen LogP contribution in [0.15, 0.2) is 51.5 Å². The van der Waals surface area contributed by atoms with Gasteiger partial charge in [-0.2, -0.15) is 0 Å². The van der Waals surface area contributed by atoms with Crippen LogP contribution < -0.4 is 5.56 Å². The Bertz CT molecular complexity index is 805. The molecule has 0 saturated carbocycles.